The van der Waals surface area contributed by atoms with Crippen LogP contribution >= 0.6 is 11.3 Å². The third-order valence-electron chi connectivity index (χ3n) is 4.25. The molecule has 0 bridgehead atoms. The summed E-state index contributed by atoms with van der Waals surface area (Å²) in [6.07, 6.45) is 3.46. The molecule has 1 saturated carbocycles. The second kappa shape index (κ2) is 7.42. The highest BCUT2D eigenvalue weighted by Crippen LogP contribution is 2.30. The number of piperazine rings is 1. The summed E-state index contributed by atoms with van der Waals surface area (Å²) in [5, 5.41) is 10.9. The van der Waals surface area contributed by atoms with Crippen LogP contribution in [0.1, 0.15) is 29.7 Å². The average Bonchev–Trinajstić information content (AvgIpc) is 3.21. The van der Waals surface area contributed by atoms with Gasteiger partial charge in [0.05, 0.1) is 6.61 Å². The molecule has 1 aromatic rings. The van der Waals surface area contributed by atoms with E-state index in [0.717, 1.165) is 18.0 Å². The number of nitrogens with zero attached hydrogens (tertiary/aromatic N) is 2. The fraction of sp³-hybridized carbons (Fsp3) is 0.647. The molecular formula is C17H24N2OS. The van der Waals surface area contributed by atoms with E-state index >= 15 is 0 Å². The van der Waals surface area contributed by atoms with Crippen LogP contribution in [0.25, 0.3) is 0 Å². The molecule has 2 aliphatic rings. The normalized spacial score (nSPS) is 20.2. The van der Waals surface area contributed by atoms with Gasteiger partial charge in [0, 0.05) is 56.1 Å². The van der Waals surface area contributed by atoms with E-state index in [-0.39, 0.29) is 6.61 Å². The van der Waals surface area contributed by atoms with Crippen molar-refractivity contribution in [1.82, 2.24) is 9.80 Å². The van der Waals surface area contributed by atoms with Crippen molar-refractivity contribution < 1.29 is 5.11 Å². The van der Waals surface area contributed by atoms with Crippen LogP contribution in [0.5, 0.6) is 0 Å². The lowest BCUT2D eigenvalue weighted by Gasteiger charge is -2.34. The largest absolute Gasteiger partial charge is 0.395 e. The number of thiophene rings is 1. The molecule has 0 radical (unpaired) electrons. The smallest absolute Gasteiger partial charge is 0.0540 e. The fourth-order valence-electron chi connectivity index (χ4n) is 2.79. The first kappa shape index (κ1) is 15.1. The van der Waals surface area contributed by atoms with Crippen molar-refractivity contribution in [3.05, 3.63) is 21.9 Å². The van der Waals surface area contributed by atoms with Crippen LogP contribution in [-0.2, 0) is 6.54 Å². The van der Waals surface area contributed by atoms with Crippen molar-refractivity contribution in [3.8, 4) is 11.8 Å². The van der Waals surface area contributed by atoms with E-state index in [1.54, 1.807) is 11.3 Å². The zero-order chi connectivity index (χ0) is 14.5. The Hall–Kier alpha value is -0.860. The molecule has 2 fully saturated rings. The Kier molecular flexibility index (Phi) is 5.32. The Morgan fingerprint density at radius 3 is 2.67 bits per heavy atom. The molecule has 3 nitrogen and oxygen atoms in total. The molecule has 0 atom stereocenters. The first-order valence-corrected chi connectivity index (χ1v) is 8.84. The van der Waals surface area contributed by atoms with Gasteiger partial charge in [0.25, 0.3) is 0 Å². The quantitative estimate of drug-likeness (QED) is 0.843. The molecule has 0 aromatic carbocycles. The number of hydrogen-bond acceptors (Lipinski definition) is 4. The summed E-state index contributed by atoms with van der Waals surface area (Å²) in [4.78, 5) is 6.55. The van der Waals surface area contributed by atoms with Gasteiger partial charge in [-0.2, -0.15) is 0 Å². The molecule has 1 N–H and O–H groups in total. The minimum Gasteiger partial charge on any atom is -0.395 e. The zero-order valence-electron chi connectivity index (χ0n) is 12.6. The van der Waals surface area contributed by atoms with Crippen molar-refractivity contribution in [2.45, 2.75) is 25.8 Å². The van der Waals surface area contributed by atoms with E-state index in [4.69, 9.17) is 5.11 Å². The Morgan fingerprint density at radius 2 is 1.95 bits per heavy atom. The lowest BCUT2D eigenvalue weighted by Crippen LogP contribution is -2.46. The van der Waals surface area contributed by atoms with Crippen LogP contribution in [0.3, 0.4) is 0 Å². The summed E-state index contributed by atoms with van der Waals surface area (Å²) in [6, 6.07) is 2.10. The van der Waals surface area contributed by atoms with Gasteiger partial charge in [-0.3, -0.25) is 4.90 Å². The topological polar surface area (TPSA) is 26.7 Å². The van der Waals surface area contributed by atoms with Gasteiger partial charge in [-0.05, 0) is 30.2 Å². The van der Waals surface area contributed by atoms with Crippen LogP contribution in [0.2, 0.25) is 0 Å². The van der Waals surface area contributed by atoms with Crippen molar-refractivity contribution in [1.29, 1.82) is 0 Å². The lowest BCUT2D eigenvalue weighted by molar-refractivity contribution is 0.124. The molecule has 1 saturated heterocycles. The third-order valence-corrected chi connectivity index (χ3v) is 5.16. The van der Waals surface area contributed by atoms with Crippen LogP contribution < -0.4 is 0 Å². The monoisotopic (exact) mass is 304 g/mol. The molecule has 2 heterocycles. The Balaban J connectivity index is 1.48. The van der Waals surface area contributed by atoms with Crippen molar-refractivity contribution >= 4 is 11.3 Å². The molecule has 3 rings (SSSR count). The van der Waals surface area contributed by atoms with Gasteiger partial charge in [-0.1, -0.05) is 11.8 Å². The highest BCUT2D eigenvalue weighted by atomic mass is 32.1. The summed E-state index contributed by atoms with van der Waals surface area (Å²) in [6.45, 7) is 7.28. The molecule has 0 spiro atoms. The summed E-state index contributed by atoms with van der Waals surface area (Å²) in [5.74, 6) is 7.22. The predicted molar refractivity (Wildman–Crippen MR) is 87.3 cm³/mol. The van der Waals surface area contributed by atoms with Gasteiger partial charge in [0.2, 0.25) is 0 Å². The Bertz CT molecular complexity index is 504. The van der Waals surface area contributed by atoms with E-state index in [2.05, 4.69) is 33.1 Å². The number of aliphatic hydroxyl groups excluding tert-OH is 1. The van der Waals surface area contributed by atoms with Gasteiger partial charge in [-0.25, -0.2) is 0 Å². The Morgan fingerprint density at radius 1 is 1.19 bits per heavy atom. The fourth-order valence-corrected chi connectivity index (χ4v) is 3.66. The summed E-state index contributed by atoms with van der Waals surface area (Å²) >= 11 is 1.80. The SMILES string of the molecule is OCCC#Cc1ccsc1CN1CCN(CC2CC2)CC1. The summed E-state index contributed by atoms with van der Waals surface area (Å²) in [5.41, 5.74) is 1.15. The molecule has 1 aliphatic heterocycles. The molecule has 0 unspecified atom stereocenters. The molecular weight excluding hydrogens is 280 g/mol. The highest BCUT2D eigenvalue weighted by molar-refractivity contribution is 7.10. The molecule has 114 valence electrons. The zero-order valence-corrected chi connectivity index (χ0v) is 13.4. The van der Waals surface area contributed by atoms with Crippen molar-refractivity contribution in [2.24, 2.45) is 5.92 Å². The van der Waals surface area contributed by atoms with Gasteiger partial charge in [-0.15, -0.1) is 11.3 Å². The van der Waals surface area contributed by atoms with E-state index in [9.17, 15) is 0 Å². The van der Waals surface area contributed by atoms with E-state index in [1.165, 1.54) is 50.4 Å². The van der Waals surface area contributed by atoms with Crippen LogP contribution in [0, 0.1) is 17.8 Å². The van der Waals surface area contributed by atoms with Crippen molar-refractivity contribution in [2.75, 3.05) is 39.3 Å². The first-order chi connectivity index (χ1) is 10.3. The number of hydrogen-bond donors (Lipinski definition) is 1. The maximum absolute atomic E-state index is 8.80. The van der Waals surface area contributed by atoms with E-state index in [1.807, 2.05) is 0 Å². The summed E-state index contributed by atoms with van der Waals surface area (Å²) in [7, 11) is 0. The molecule has 4 heteroatoms. The average molecular weight is 304 g/mol. The minimum absolute atomic E-state index is 0.148. The predicted octanol–water partition coefficient (Wildman–Crippen LogP) is 2.01. The maximum atomic E-state index is 8.80. The summed E-state index contributed by atoms with van der Waals surface area (Å²) < 4.78 is 0. The van der Waals surface area contributed by atoms with Gasteiger partial charge in [0.1, 0.15) is 0 Å². The van der Waals surface area contributed by atoms with Crippen LogP contribution in [0.4, 0.5) is 0 Å². The lowest BCUT2D eigenvalue weighted by atomic mass is 10.2. The molecule has 1 aromatic heterocycles. The Labute approximate surface area is 131 Å². The van der Waals surface area contributed by atoms with E-state index < -0.39 is 0 Å². The highest BCUT2D eigenvalue weighted by Gasteiger charge is 2.26. The van der Waals surface area contributed by atoms with Gasteiger partial charge < -0.3 is 10.0 Å². The van der Waals surface area contributed by atoms with Gasteiger partial charge in [0.15, 0.2) is 0 Å². The molecule has 21 heavy (non-hydrogen) atoms. The van der Waals surface area contributed by atoms with Crippen LogP contribution in [0.15, 0.2) is 11.4 Å². The first-order valence-electron chi connectivity index (χ1n) is 7.96. The van der Waals surface area contributed by atoms with Crippen molar-refractivity contribution in [3.63, 3.8) is 0 Å². The maximum Gasteiger partial charge on any atom is 0.0540 e. The van der Waals surface area contributed by atoms with E-state index in [0.29, 0.717) is 6.42 Å². The molecule has 0 amide bonds. The minimum atomic E-state index is 0.148. The number of aliphatic hydroxyl groups is 1. The molecule has 1 aliphatic carbocycles. The number of rotatable bonds is 5. The standard InChI is InChI=1S/C17H24N2OS/c20-11-2-1-3-16-6-12-21-17(16)14-19-9-7-18(8-10-19)13-15-4-5-15/h6,12,15,20H,2,4-5,7-11,13-14H2. The second-order valence-electron chi connectivity index (χ2n) is 6.05. The van der Waals surface area contributed by atoms with Crippen LogP contribution in [-0.4, -0.2) is 54.2 Å². The van der Waals surface area contributed by atoms with Gasteiger partial charge >= 0.3 is 0 Å². The third kappa shape index (κ3) is 4.55. The second-order valence-corrected chi connectivity index (χ2v) is 7.05.